The van der Waals surface area contributed by atoms with Crippen LogP contribution < -0.4 is 16.0 Å². The van der Waals surface area contributed by atoms with Gasteiger partial charge in [0.25, 0.3) is 0 Å². The quantitative estimate of drug-likeness (QED) is 0.580. The molecule has 1 aromatic carbocycles. The first-order chi connectivity index (χ1) is 7.85. The highest BCUT2D eigenvalue weighted by atomic mass is 16.5. The number of rotatable bonds is 5. The van der Waals surface area contributed by atoms with Crippen LogP contribution in [0.4, 0.5) is 0 Å². The van der Waals surface area contributed by atoms with Gasteiger partial charge in [0.2, 0.25) is 0 Å². The Hall–Kier alpha value is -1.10. The number of benzene rings is 1. The molecule has 0 saturated carbocycles. The largest absolute Gasteiger partial charge is 0.493 e. The highest BCUT2D eigenvalue weighted by Gasteiger charge is 2.16. The van der Waals surface area contributed by atoms with Crippen molar-refractivity contribution in [1.29, 1.82) is 0 Å². The Morgan fingerprint density at radius 3 is 3.19 bits per heavy atom. The van der Waals surface area contributed by atoms with Crippen LogP contribution in [0.15, 0.2) is 18.2 Å². The molecule has 4 heteroatoms. The van der Waals surface area contributed by atoms with Gasteiger partial charge in [-0.2, -0.15) is 0 Å². The predicted molar refractivity (Wildman–Crippen MR) is 62.2 cm³/mol. The van der Waals surface area contributed by atoms with Crippen LogP contribution in [-0.4, -0.2) is 19.8 Å². The maximum absolute atomic E-state index is 5.53. The molecule has 1 aromatic rings. The average Bonchev–Trinajstić information content (AvgIpc) is 2.77. The molecule has 1 aliphatic heterocycles. The molecule has 4 nitrogen and oxygen atoms in total. The first-order valence-corrected chi connectivity index (χ1v) is 5.64. The Bertz CT molecular complexity index is 355. The summed E-state index contributed by atoms with van der Waals surface area (Å²) in [6.45, 7) is 4.05. The minimum Gasteiger partial charge on any atom is -0.493 e. The van der Waals surface area contributed by atoms with Crippen molar-refractivity contribution in [1.82, 2.24) is 5.43 Å². The summed E-state index contributed by atoms with van der Waals surface area (Å²) in [6.07, 6.45) is 0.981. The van der Waals surface area contributed by atoms with E-state index in [-0.39, 0.29) is 6.04 Å². The summed E-state index contributed by atoms with van der Waals surface area (Å²) in [5.74, 6) is 6.53. The minimum atomic E-state index is 0.0471. The molecule has 0 spiro atoms. The smallest absolute Gasteiger partial charge is 0.122 e. The van der Waals surface area contributed by atoms with E-state index in [4.69, 9.17) is 15.3 Å². The zero-order valence-electron chi connectivity index (χ0n) is 9.53. The molecule has 0 fully saturated rings. The molecule has 0 radical (unpaired) electrons. The van der Waals surface area contributed by atoms with Crippen molar-refractivity contribution in [3.05, 3.63) is 29.3 Å². The second-order valence-corrected chi connectivity index (χ2v) is 3.84. The van der Waals surface area contributed by atoms with Crippen molar-refractivity contribution in [2.45, 2.75) is 19.4 Å². The highest BCUT2D eigenvalue weighted by molar-refractivity contribution is 5.40. The van der Waals surface area contributed by atoms with E-state index in [9.17, 15) is 0 Å². The van der Waals surface area contributed by atoms with E-state index >= 15 is 0 Å². The fourth-order valence-electron chi connectivity index (χ4n) is 1.90. The SMILES string of the molecule is CCOCC(NN)c1ccc2c(c1)CCO2. The third-order valence-electron chi connectivity index (χ3n) is 2.81. The summed E-state index contributed by atoms with van der Waals surface area (Å²) >= 11 is 0. The van der Waals surface area contributed by atoms with Gasteiger partial charge < -0.3 is 9.47 Å². The first kappa shape index (κ1) is 11.4. The molecule has 88 valence electrons. The lowest BCUT2D eigenvalue weighted by molar-refractivity contribution is 0.123. The lowest BCUT2D eigenvalue weighted by Crippen LogP contribution is -2.31. The number of ether oxygens (including phenoxy) is 2. The van der Waals surface area contributed by atoms with Gasteiger partial charge in [0, 0.05) is 13.0 Å². The van der Waals surface area contributed by atoms with Crippen LogP contribution in [0.3, 0.4) is 0 Å². The Morgan fingerprint density at radius 1 is 1.56 bits per heavy atom. The van der Waals surface area contributed by atoms with E-state index in [0.29, 0.717) is 13.2 Å². The van der Waals surface area contributed by atoms with Gasteiger partial charge in [0.15, 0.2) is 0 Å². The normalized spacial score (nSPS) is 15.6. The molecule has 0 bridgehead atoms. The van der Waals surface area contributed by atoms with Crippen molar-refractivity contribution in [2.75, 3.05) is 19.8 Å². The van der Waals surface area contributed by atoms with E-state index in [2.05, 4.69) is 11.5 Å². The molecule has 0 amide bonds. The van der Waals surface area contributed by atoms with Gasteiger partial charge in [-0.1, -0.05) is 12.1 Å². The van der Waals surface area contributed by atoms with Gasteiger partial charge in [0.1, 0.15) is 5.75 Å². The van der Waals surface area contributed by atoms with Crippen molar-refractivity contribution >= 4 is 0 Å². The lowest BCUT2D eigenvalue weighted by Gasteiger charge is -2.16. The van der Waals surface area contributed by atoms with Crippen LogP contribution in [0, 0.1) is 0 Å². The van der Waals surface area contributed by atoms with Crippen LogP contribution in [0.5, 0.6) is 5.75 Å². The fraction of sp³-hybridized carbons (Fsp3) is 0.500. The minimum absolute atomic E-state index is 0.0471. The molecule has 2 rings (SSSR count). The Kier molecular flexibility index (Phi) is 3.77. The molecular formula is C12H18N2O2. The zero-order valence-corrected chi connectivity index (χ0v) is 9.53. The van der Waals surface area contributed by atoms with E-state index in [1.807, 2.05) is 19.1 Å². The second-order valence-electron chi connectivity index (χ2n) is 3.84. The lowest BCUT2D eigenvalue weighted by atomic mass is 10.0. The van der Waals surface area contributed by atoms with Gasteiger partial charge in [-0.25, -0.2) is 0 Å². The third kappa shape index (κ3) is 2.35. The molecule has 1 atom stereocenters. The van der Waals surface area contributed by atoms with Gasteiger partial charge in [-0.05, 0) is 24.1 Å². The summed E-state index contributed by atoms with van der Waals surface area (Å²) in [6, 6.07) is 6.24. The van der Waals surface area contributed by atoms with Gasteiger partial charge >= 0.3 is 0 Å². The van der Waals surface area contributed by atoms with Gasteiger partial charge in [-0.15, -0.1) is 0 Å². The van der Waals surface area contributed by atoms with Crippen molar-refractivity contribution in [3.8, 4) is 5.75 Å². The summed E-state index contributed by atoms with van der Waals surface area (Å²) in [5, 5.41) is 0. The molecule has 16 heavy (non-hydrogen) atoms. The summed E-state index contributed by atoms with van der Waals surface area (Å²) in [5.41, 5.74) is 5.19. The average molecular weight is 222 g/mol. The molecule has 0 saturated heterocycles. The second kappa shape index (κ2) is 5.30. The third-order valence-corrected chi connectivity index (χ3v) is 2.81. The van der Waals surface area contributed by atoms with E-state index in [0.717, 1.165) is 24.3 Å². The standard InChI is InChI=1S/C12H18N2O2/c1-2-15-8-11(14-13)9-3-4-12-10(7-9)5-6-16-12/h3-4,7,11,14H,2,5-6,8,13H2,1H3. The molecular weight excluding hydrogens is 204 g/mol. The van der Waals surface area contributed by atoms with Crippen LogP contribution >= 0.6 is 0 Å². The molecule has 1 aliphatic rings. The summed E-state index contributed by atoms with van der Waals surface area (Å²) < 4.78 is 10.9. The number of nitrogens with two attached hydrogens (primary N) is 1. The van der Waals surface area contributed by atoms with Crippen LogP contribution in [-0.2, 0) is 11.2 Å². The van der Waals surface area contributed by atoms with Crippen LogP contribution in [0.1, 0.15) is 24.1 Å². The molecule has 1 unspecified atom stereocenters. The van der Waals surface area contributed by atoms with Crippen molar-refractivity contribution in [2.24, 2.45) is 5.84 Å². The number of nitrogens with one attached hydrogen (secondary N) is 1. The van der Waals surface area contributed by atoms with E-state index in [1.54, 1.807) is 0 Å². The number of fused-ring (bicyclic) bond motifs is 1. The van der Waals surface area contributed by atoms with E-state index < -0.39 is 0 Å². The van der Waals surface area contributed by atoms with Crippen molar-refractivity contribution in [3.63, 3.8) is 0 Å². The van der Waals surface area contributed by atoms with Crippen LogP contribution in [0.2, 0.25) is 0 Å². The Labute approximate surface area is 95.7 Å². The number of hydrogen-bond donors (Lipinski definition) is 2. The Balaban J connectivity index is 2.12. The fourth-order valence-corrected chi connectivity index (χ4v) is 1.90. The van der Waals surface area contributed by atoms with E-state index in [1.165, 1.54) is 5.56 Å². The summed E-state index contributed by atoms with van der Waals surface area (Å²) in [7, 11) is 0. The monoisotopic (exact) mass is 222 g/mol. The first-order valence-electron chi connectivity index (χ1n) is 5.64. The molecule has 0 aromatic heterocycles. The van der Waals surface area contributed by atoms with Crippen LogP contribution in [0.25, 0.3) is 0 Å². The number of hydrazine groups is 1. The Morgan fingerprint density at radius 2 is 2.44 bits per heavy atom. The molecule has 1 heterocycles. The topological polar surface area (TPSA) is 56.5 Å². The maximum atomic E-state index is 5.53. The zero-order chi connectivity index (χ0) is 11.4. The van der Waals surface area contributed by atoms with Crippen molar-refractivity contribution < 1.29 is 9.47 Å². The maximum Gasteiger partial charge on any atom is 0.122 e. The summed E-state index contributed by atoms with van der Waals surface area (Å²) in [4.78, 5) is 0. The van der Waals surface area contributed by atoms with Gasteiger partial charge in [0.05, 0.1) is 19.3 Å². The highest BCUT2D eigenvalue weighted by Crippen LogP contribution is 2.28. The number of hydrogen-bond acceptors (Lipinski definition) is 4. The van der Waals surface area contributed by atoms with Gasteiger partial charge in [-0.3, -0.25) is 11.3 Å². The molecule has 3 N–H and O–H groups in total. The predicted octanol–water partition coefficient (Wildman–Crippen LogP) is 1.16. The molecule has 0 aliphatic carbocycles.